The molecule has 0 fully saturated rings. The summed E-state index contributed by atoms with van der Waals surface area (Å²) >= 11 is 0. The molecule has 0 saturated carbocycles. The predicted octanol–water partition coefficient (Wildman–Crippen LogP) is 2.38. The molecule has 1 nitrogen and oxygen atoms in total. The van der Waals surface area contributed by atoms with Crippen LogP contribution < -0.4 is 0 Å². The first kappa shape index (κ1) is 11.5. The van der Waals surface area contributed by atoms with E-state index in [0.29, 0.717) is 12.0 Å². The third-order valence-electron chi connectivity index (χ3n) is 1.85. The fourth-order valence-electron chi connectivity index (χ4n) is 0.639. The third-order valence-corrected chi connectivity index (χ3v) is 1.85. The summed E-state index contributed by atoms with van der Waals surface area (Å²) in [6, 6.07) is 0.596. The van der Waals surface area contributed by atoms with Crippen LogP contribution in [0.4, 0.5) is 0 Å². The molecule has 0 atom stereocenters. The third kappa shape index (κ3) is 6.24. The number of nitrogens with zero attached hydrogens (tertiary/aromatic N) is 1. The lowest BCUT2D eigenvalue weighted by Gasteiger charge is -2.17. The van der Waals surface area contributed by atoms with Crippen molar-refractivity contribution >= 4 is 0 Å². The topological polar surface area (TPSA) is 3.24 Å². The molecule has 0 saturated heterocycles. The molecule has 0 heterocycles. The van der Waals surface area contributed by atoms with Gasteiger partial charge in [-0.2, -0.15) is 0 Å². The van der Waals surface area contributed by atoms with E-state index in [-0.39, 0.29) is 0 Å². The molecular weight excluding hydrogens is 146 g/mol. The molecule has 0 aromatic heterocycles. The fraction of sp³-hybridized carbons (Fsp3) is 0.818. The molecule has 0 spiro atoms. The standard InChI is InChI=1S/C11H21N/c1-10(2)8-6-7-9-12(5)11(3)4/h10-11H,8-9H2,1-5H3. The average molecular weight is 167 g/mol. The summed E-state index contributed by atoms with van der Waals surface area (Å²) in [5, 5.41) is 0. The lowest BCUT2D eigenvalue weighted by molar-refractivity contribution is 0.307. The largest absolute Gasteiger partial charge is 0.293 e. The van der Waals surface area contributed by atoms with Gasteiger partial charge in [-0.3, -0.25) is 4.90 Å². The Kier molecular flexibility index (Phi) is 5.84. The normalized spacial score (nSPS) is 10.7. The quantitative estimate of drug-likeness (QED) is 0.583. The first-order chi connectivity index (χ1) is 5.54. The van der Waals surface area contributed by atoms with Gasteiger partial charge in [-0.05, 0) is 26.8 Å². The molecule has 0 amide bonds. The Morgan fingerprint density at radius 2 is 1.67 bits per heavy atom. The van der Waals surface area contributed by atoms with Gasteiger partial charge in [0.05, 0.1) is 6.54 Å². The van der Waals surface area contributed by atoms with Crippen LogP contribution in [-0.4, -0.2) is 24.5 Å². The first-order valence-electron chi connectivity index (χ1n) is 4.70. The van der Waals surface area contributed by atoms with E-state index in [9.17, 15) is 0 Å². The van der Waals surface area contributed by atoms with Gasteiger partial charge in [-0.15, -0.1) is 5.92 Å². The molecule has 0 N–H and O–H groups in total. The maximum atomic E-state index is 3.18. The van der Waals surface area contributed by atoms with Gasteiger partial charge in [-0.1, -0.05) is 19.8 Å². The van der Waals surface area contributed by atoms with Gasteiger partial charge in [0.1, 0.15) is 0 Å². The smallest absolute Gasteiger partial charge is 0.0601 e. The highest BCUT2D eigenvalue weighted by Gasteiger charge is 1.98. The molecular formula is C11H21N. The van der Waals surface area contributed by atoms with Gasteiger partial charge in [0.15, 0.2) is 0 Å². The van der Waals surface area contributed by atoms with Gasteiger partial charge >= 0.3 is 0 Å². The highest BCUT2D eigenvalue weighted by molar-refractivity contribution is 5.01. The Labute approximate surface area is 77.1 Å². The number of hydrogen-bond acceptors (Lipinski definition) is 1. The van der Waals surface area contributed by atoms with Crippen molar-refractivity contribution in [1.82, 2.24) is 4.90 Å². The van der Waals surface area contributed by atoms with Crippen molar-refractivity contribution in [3.05, 3.63) is 0 Å². The molecule has 0 aromatic rings. The van der Waals surface area contributed by atoms with Crippen molar-refractivity contribution in [3.63, 3.8) is 0 Å². The van der Waals surface area contributed by atoms with Gasteiger partial charge in [0.2, 0.25) is 0 Å². The molecule has 0 aliphatic heterocycles. The molecule has 0 bridgehead atoms. The second-order valence-corrected chi connectivity index (χ2v) is 3.96. The number of hydrogen-bond donors (Lipinski definition) is 0. The molecule has 0 unspecified atom stereocenters. The highest BCUT2D eigenvalue weighted by atomic mass is 15.1. The van der Waals surface area contributed by atoms with Crippen LogP contribution in [0, 0.1) is 17.8 Å². The molecule has 0 aromatic carbocycles. The van der Waals surface area contributed by atoms with Gasteiger partial charge < -0.3 is 0 Å². The minimum atomic E-state index is 0.596. The summed E-state index contributed by atoms with van der Waals surface area (Å²) in [7, 11) is 2.11. The van der Waals surface area contributed by atoms with Crippen LogP contribution in [0.3, 0.4) is 0 Å². The highest BCUT2D eigenvalue weighted by Crippen LogP contribution is 1.96. The average Bonchev–Trinajstić information content (AvgIpc) is 1.97. The van der Waals surface area contributed by atoms with Gasteiger partial charge in [0.25, 0.3) is 0 Å². The van der Waals surface area contributed by atoms with E-state index < -0.39 is 0 Å². The molecule has 70 valence electrons. The molecule has 1 heteroatoms. The molecule has 12 heavy (non-hydrogen) atoms. The second-order valence-electron chi connectivity index (χ2n) is 3.96. The summed E-state index contributed by atoms with van der Waals surface area (Å²) in [6.07, 6.45) is 1.02. The maximum Gasteiger partial charge on any atom is 0.0601 e. The lowest BCUT2D eigenvalue weighted by Crippen LogP contribution is -2.26. The van der Waals surface area contributed by atoms with Crippen LogP contribution in [0.15, 0.2) is 0 Å². The molecule has 0 aliphatic carbocycles. The zero-order valence-corrected chi connectivity index (χ0v) is 9.02. The summed E-state index contributed by atoms with van der Waals surface area (Å²) in [5.41, 5.74) is 0. The summed E-state index contributed by atoms with van der Waals surface area (Å²) in [5.74, 6) is 7.05. The van der Waals surface area contributed by atoms with Crippen LogP contribution in [0.1, 0.15) is 34.1 Å². The number of rotatable bonds is 3. The van der Waals surface area contributed by atoms with Crippen molar-refractivity contribution < 1.29 is 0 Å². The maximum absolute atomic E-state index is 3.18. The van der Waals surface area contributed by atoms with Crippen molar-refractivity contribution in [2.75, 3.05) is 13.6 Å². The van der Waals surface area contributed by atoms with E-state index in [1.807, 2.05) is 0 Å². The van der Waals surface area contributed by atoms with E-state index >= 15 is 0 Å². The van der Waals surface area contributed by atoms with Crippen LogP contribution in [0.2, 0.25) is 0 Å². The zero-order valence-electron chi connectivity index (χ0n) is 9.02. The zero-order chi connectivity index (χ0) is 9.56. The van der Waals surface area contributed by atoms with E-state index in [2.05, 4.69) is 51.5 Å². The monoisotopic (exact) mass is 167 g/mol. The lowest BCUT2D eigenvalue weighted by atomic mass is 10.1. The Bertz CT molecular complexity index is 160. The Morgan fingerprint density at radius 3 is 2.08 bits per heavy atom. The van der Waals surface area contributed by atoms with E-state index in [4.69, 9.17) is 0 Å². The van der Waals surface area contributed by atoms with Crippen molar-refractivity contribution in [1.29, 1.82) is 0 Å². The Morgan fingerprint density at radius 1 is 1.08 bits per heavy atom. The van der Waals surface area contributed by atoms with Crippen molar-refractivity contribution in [2.45, 2.75) is 40.2 Å². The summed E-state index contributed by atoms with van der Waals surface area (Å²) in [4.78, 5) is 2.24. The molecule has 0 radical (unpaired) electrons. The van der Waals surface area contributed by atoms with E-state index in [0.717, 1.165) is 13.0 Å². The van der Waals surface area contributed by atoms with Crippen LogP contribution in [0.25, 0.3) is 0 Å². The van der Waals surface area contributed by atoms with Gasteiger partial charge in [0, 0.05) is 12.5 Å². The van der Waals surface area contributed by atoms with Crippen molar-refractivity contribution in [3.8, 4) is 11.8 Å². The summed E-state index contributed by atoms with van der Waals surface area (Å²) < 4.78 is 0. The van der Waals surface area contributed by atoms with Crippen LogP contribution in [-0.2, 0) is 0 Å². The van der Waals surface area contributed by atoms with E-state index in [1.54, 1.807) is 0 Å². The Balaban J connectivity index is 3.57. The second kappa shape index (κ2) is 6.08. The SMILES string of the molecule is CC(C)CC#CCN(C)C(C)C. The van der Waals surface area contributed by atoms with Gasteiger partial charge in [-0.25, -0.2) is 0 Å². The molecule has 0 aliphatic rings. The fourth-order valence-corrected chi connectivity index (χ4v) is 0.639. The van der Waals surface area contributed by atoms with E-state index in [1.165, 1.54) is 0 Å². The minimum absolute atomic E-state index is 0.596. The van der Waals surface area contributed by atoms with Crippen LogP contribution >= 0.6 is 0 Å². The van der Waals surface area contributed by atoms with Crippen LogP contribution in [0.5, 0.6) is 0 Å². The minimum Gasteiger partial charge on any atom is -0.293 e. The Hall–Kier alpha value is -0.480. The van der Waals surface area contributed by atoms with Crippen molar-refractivity contribution in [2.24, 2.45) is 5.92 Å². The molecule has 0 rings (SSSR count). The summed E-state index contributed by atoms with van der Waals surface area (Å²) in [6.45, 7) is 9.65. The first-order valence-corrected chi connectivity index (χ1v) is 4.70. The predicted molar refractivity (Wildman–Crippen MR) is 55.0 cm³/mol.